The molecule has 0 bridgehead atoms. The topological polar surface area (TPSA) is 64.3 Å². The number of primary amides is 1. The number of hydrogen-bond donors (Lipinski definition) is 2. The summed E-state index contributed by atoms with van der Waals surface area (Å²) in [7, 11) is 1.56. The van der Waals surface area contributed by atoms with Crippen LogP contribution in [0.1, 0.15) is 12.5 Å². The number of carbonyl (C=O) groups is 1. The highest BCUT2D eigenvalue weighted by atomic mass is 35.5. The number of benzene rings is 1. The summed E-state index contributed by atoms with van der Waals surface area (Å²) in [6.45, 7) is 2.25. The molecule has 0 aromatic heterocycles. The average Bonchev–Trinajstić information content (AvgIpc) is 2.25. The molecule has 0 aliphatic rings. The fourth-order valence-electron chi connectivity index (χ4n) is 1.19. The molecule has 1 rings (SSSR count). The van der Waals surface area contributed by atoms with E-state index in [1.165, 1.54) is 0 Å². The van der Waals surface area contributed by atoms with Crippen molar-refractivity contribution < 1.29 is 9.53 Å². The Morgan fingerprint density at radius 3 is 2.81 bits per heavy atom. The molecule has 4 nitrogen and oxygen atoms in total. The molecule has 0 spiro atoms. The van der Waals surface area contributed by atoms with Gasteiger partial charge in [0.2, 0.25) is 5.91 Å². The highest BCUT2D eigenvalue weighted by Gasteiger charge is 2.08. The van der Waals surface area contributed by atoms with Crippen LogP contribution >= 0.6 is 11.6 Å². The molecule has 0 saturated carbocycles. The molecule has 5 heteroatoms. The third kappa shape index (κ3) is 3.40. The first-order valence-electron chi connectivity index (χ1n) is 4.89. The zero-order valence-electron chi connectivity index (χ0n) is 9.29. The number of methoxy groups -OCH3 is 1. The van der Waals surface area contributed by atoms with E-state index in [0.29, 0.717) is 17.3 Å². The van der Waals surface area contributed by atoms with Crippen molar-refractivity contribution in [2.45, 2.75) is 19.5 Å². The molecule has 0 fully saturated rings. The van der Waals surface area contributed by atoms with Gasteiger partial charge in [0.25, 0.3) is 0 Å². The monoisotopic (exact) mass is 242 g/mol. The van der Waals surface area contributed by atoms with Gasteiger partial charge in [0.15, 0.2) is 0 Å². The van der Waals surface area contributed by atoms with Crippen molar-refractivity contribution in [1.82, 2.24) is 5.32 Å². The quantitative estimate of drug-likeness (QED) is 0.818. The summed E-state index contributed by atoms with van der Waals surface area (Å²) in [6, 6.07) is 5.10. The number of amides is 1. The van der Waals surface area contributed by atoms with Gasteiger partial charge in [-0.1, -0.05) is 17.7 Å². The van der Waals surface area contributed by atoms with E-state index in [0.717, 1.165) is 5.56 Å². The highest BCUT2D eigenvalue weighted by Crippen LogP contribution is 2.24. The van der Waals surface area contributed by atoms with Gasteiger partial charge in [0, 0.05) is 6.54 Å². The second-order valence-electron chi connectivity index (χ2n) is 3.47. The lowest BCUT2D eigenvalue weighted by molar-refractivity contribution is -0.119. The van der Waals surface area contributed by atoms with Crippen molar-refractivity contribution in [1.29, 1.82) is 0 Å². The van der Waals surface area contributed by atoms with E-state index in [4.69, 9.17) is 22.1 Å². The van der Waals surface area contributed by atoms with Gasteiger partial charge in [-0.05, 0) is 24.6 Å². The summed E-state index contributed by atoms with van der Waals surface area (Å²) in [5.41, 5.74) is 6.10. The van der Waals surface area contributed by atoms with E-state index in [9.17, 15) is 4.79 Å². The smallest absolute Gasteiger partial charge is 0.234 e. The molecule has 0 unspecified atom stereocenters. The van der Waals surface area contributed by atoms with Gasteiger partial charge in [-0.2, -0.15) is 0 Å². The minimum Gasteiger partial charge on any atom is -0.495 e. The van der Waals surface area contributed by atoms with Crippen LogP contribution in [0.3, 0.4) is 0 Å². The van der Waals surface area contributed by atoms with E-state index in [-0.39, 0.29) is 11.9 Å². The first-order valence-corrected chi connectivity index (χ1v) is 5.27. The van der Waals surface area contributed by atoms with Crippen LogP contribution in [0, 0.1) is 0 Å². The fourth-order valence-corrected chi connectivity index (χ4v) is 1.47. The van der Waals surface area contributed by atoms with Crippen LogP contribution in [0.2, 0.25) is 5.02 Å². The molecule has 88 valence electrons. The Morgan fingerprint density at radius 1 is 1.62 bits per heavy atom. The Hall–Kier alpha value is -1.26. The van der Waals surface area contributed by atoms with Gasteiger partial charge in [-0.3, -0.25) is 4.79 Å². The normalized spacial score (nSPS) is 12.2. The SMILES string of the molecule is COc1ccc(CN[C@@H](C)C(N)=O)cc1Cl. The minimum absolute atomic E-state index is 0.360. The van der Waals surface area contributed by atoms with Crippen molar-refractivity contribution in [3.05, 3.63) is 28.8 Å². The van der Waals surface area contributed by atoms with Gasteiger partial charge in [-0.25, -0.2) is 0 Å². The minimum atomic E-state index is -0.375. The van der Waals surface area contributed by atoms with Crippen LogP contribution < -0.4 is 15.8 Å². The molecule has 0 saturated heterocycles. The molecule has 3 N–H and O–H groups in total. The highest BCUT2D eigenvalue weighted by molar-refractivity contribution is 6.32. The molecular weight excluding hydrogens is 228 g/mol. The standard InChI is InChI=1S/C11H15ClN2O2/c1-7(11(13)15)14-6-8-3-4-10(16-2)9(12)5-8/h3-5,7,14H,6H2,1-2H3,(H2,13,15)/t7-/m0/s1. The molecule has 1 atom stereocenters. The molecule has 1 aromatic carbocycles. The third-order valence-corrected chi connectivity index (χ3v) is 2.55. The van der Waals surface area contributed by atoms with Crippen LogP contribution in [0.25, 0.3) is 0 Å². The Labute approximate surface area is 99.7 Å². The molecule has 0 aliphatic carbocycles. The van der Waals surface area contributed by atoms with Crippen molar-refractivity contribution in [3.8, 4) is 5.75 Å². The van der Waals surface area contributed by atoms with Crippen LogP contribution in [0.5, 0.6) is 5.75 Å². The maximum Gasteiger partial charge on any atom is 0.234 e. The number of carbonyl (C=O) groups excluding carboxylic acids is 1. The first kappa shape index (κ1) is 12.8. The number of halogens is 1. The Morgan fingerprint density at radius 2 is 2.31 bits per heavy atom. The zero-order valence-corrected chi connectivity index (χ0v) is 10.0. The number of hydrogen-bond acceptors (Lipinski definition) is 3. The molecule has 0 heterocycles. The summed E-state index contributed by atoms with van der Waals surface area (Å²) < 4.78 is 5.04. The van der Waals surface area contributed by atoms with Crippen molar-refractivity contribution in [2.75, 3.05) is 7.11 Å². The van der Waals surface area contributed by atoms with Crippen molar-refractivity contribution >= 4 is 17.5 Å². The summed E-state index contributed by atoms with van der Waals surface area (Å²) in [6.07, 6.45) is 0. The van der Waals surface area contributed by atoms with E-state index in [2.05, 4.69) is 5.32 Å². The predicted molar refractivity (Wildman–Crippen MR) is 63.5 cm³/mol. The number of nitrogens with one attached hydrogen (secondary N) is 1. The maximum atomic E-state index is 10.8. The molecule has 0 radical (unpaired) electrons. The largest absolute Gasteiger partial charge is 0.495 e. The fraction of sp³-hybridized carbons (Fsp3) is 0.364. The molecule has 1 amide bonds. The Kier molecular flexibility index (Phi) is 4.58. The number of nitrogens with two attached hydrogens (primary N) is 1. The van der Waals surface area contributed by atoms with Crippen molar-refractivity contribution in [2.24, 2.45) is 5.73 Å². The lowest BCUT2D eigenvalue weighted by Gasteiger charge is -2.11. The van der Waals surface area contributed by atoms with Gasteiger partial charge in [0.1, 0.15) is 5.75 Å². The average molecular weight is 243 g/mol. The first-order chi connectivity index (χ1) is 7.54. The van der Waals surface area contributed by atoms with Crippen LogP contribution in [-0.2, 0) is 11.3 Å². The number of rotatable bonds is 5. The molecule has 16 heavy (non-hydrogen) atoms. The lowest BCUT2D eigenvalue weighted by atomic mass is 10.2. The van der Waals surface area contributed by atoms with Gasteiger partial charge >= 0.3 is 0 Å². The molecular formula is C11H15ClN2O2. The Bertz CT molecular complexity index is 382. The van der Waals surface area contributed by atoms with Crippen LogP contribution in [0.4, 0.5) is 0 Å². The Balaban J connectivity index is 2.62. The molecule has 1 aromatic rings. The predicted octanol–water partition coefficient (Wildman–Crippen LogP) is 1.31. The maximum absolute atomic E-state index is 10.8. The number of ether oxygens (including phenoxy) is 1. The summed E-state index contributed by atoms with van der Waals surface area (Å²) in [5, 5.41) is 3.54. The van der Waals surface area contributed by atoms with E-state index in [1.54, 1.807) is 26.2 Å². The third-order valence-electron chi connectivity index (χ3n) is 2.26. The summed E-state index contributed by atoms with van der Waals surface area (Å²) >= 11 is 5.96. The van der Waals surface area contributed by atoms with E-state index < -0.39 is 0 Å². The van der Waals surface area contributed by atoms with Gasteiger partial charge in [0.05, 0.1) is 18.2 Å². The van der Waals surface area contributed by atoms with Crippen LogP contribution in [0.15, 0.2) is 18.2 Å². The van der Waals surface area contributed by atoms with E-state index >= 15 is 0 Å². The van der Waals surface area contributed by atoms with Crippen molar-refractivity contribution in [3.63, 3.8) is 0 Å². The van der Waals surface area contributed by atoms with Gasteiger partial charge in [-0.15, -0.1) is 0 Å². The van der Waals surface area contributed by atoms with E-state index in [1.807, 2.05) is 6.07 Å². The second kappa shape index (κ2) is 5.72. The van der Waals surface area contributed by atoms with Gasteiger partial charge < -0.3 is 15.8 Å². The lowest BCUT2D eigenvalue weighted by Crippen LogP contribution is -2.38. The second-order valence-corrected chi connectivity index (χ2v) is 3.88. The zero-order chi connectivity index (χ0) is 12.1. The summed E-state index contributed by atoms with van der Waals surface area (Å²) in [4.78, 5) is 10.8. The molecule has 0 aliphatic heterocycles. The summed E-state index contributed by atoms with van der Waals surface area (Å²) in [5.74, 6) is 0.257. The van der Waals surface area contributed by atoms with Crippen LogP contribution in [-0.4, -0.2) is 19.1 Å².